The standard InChI is InChI=1S/C16H23FN2O/c1-16(2,12-6-4-7-13(17)10-12)19-15(20)11-5-3-8-14(18)9-11/h4,6-7,10-11,14H,3,5,8-9,18H2,1-2H3,(H,19,20). The molecule has 1 aliphatic carbocycles. The van der Waals surface area contributed by atoms with Crippen molar-refractivity contribution in [1.82, 2.24) is 5.32 Å². The summed E-state index contributed by atoms with van der Waals surface area (Å²) in [7, 11) is 0. The zero-order chi connectivity index (χ0) is 14.8. The predicted molar refractivity (Wildman–Crippen MR) is 77.5 cm³/mol. The van der Waals surface area contributed by atoms with Crippen molar-refractivity contribution in [3.8, 4) is 0 Å². The highest BCUT2D eigenvalue weighted by Gasteiger charge is 2.30. The Morgan fingerprint density at radius 2 is 2.15 bits per heavy atom. The van der Waals surface area contributed by atoms with Gasteiger partial charge in [0.2, 0.25) is 5.91 Å². The van der Waals surface area contributed by atoms with Crippen LogP contribution in [0.15, 0.2) is 24.3 Å². The monoisotopic (exact) mass is 278 g/mol. The van der Waals surface area contributed by atoms with Gasteiger partial charge in [-0.2, -0.15) is 0 Å². The van der Waals surface area contributed by atoms with E-state index in [-0.39, 0.29) is 23.7 Å². The second-order valence-electron chi connectivity index (χ2n) is 6.25. The van der Waals surface area contributed by atoms with Gasteiger partial charge < -0.3 is 11.1 Å². The zero-order valence-electron chi connectivity index (χ0n) is 12.2. The van der Waals surface area contributed by atoms with Crippen molar-refractivity contribution in [3.05, 3.63) is 35.6 Å². The van der Waals surface area contributed by atoms with Gasteiger partial charge in [0.1, 0.15) is 5.82 Å². The van der Waals surface area contributed by atoms with E-state index in [1.54, 1.807) is 6.07 Å². The minimum Gasteiger partial charge on any atom is -0.347 e. The number of hydrogen-bond donors (Lipinski definition) is 2. The predicted octanol–water partition coefficient (Wildman–Crippen LogP) is 2.69. The van der Waals surface area contributed by atoms with Crippen LogP contribution in [0.25, 0.3) is 0 Å². The van der Waals surface area contributed by atoms with Gasteiger partial charge in [0.25, 0.3) is 0 Å². The molecule has 2 atom stereocenters. The molecule has 0 aromatic heterocycles. The maximum atomic E-state index is 13.3. The summed E-state index contributed by atoms with van der Waals surface area (Å²) in [6.45, 7) is 3.78. The average molecular weight is 278 g/mol. The second-order valence-corrected chi connectivity index (χ2v) is 6.25. The van der Waals surface area contributed by atoms with E-state index in [0.717, 1.165) is 31.2 Å². The Bertz CT molecular complexity index is 487. The van der Waals surface area contributed by atoms with E-state index in [4.69, 9.17) is 5.73 Å². The molecule has 3 nitrogen and oxygen atoms in total. The molecule has 1 fully saturated rings. The number of rotatable bonds is 3. The molecule has 110 valence electrons. The fourth-order valence-electron chi connectivity index (χ4n) is 2.83. The maximum Gasteiger partial charge on any atom is 0.223 e. The number of carbonyl (C=O) groups excluding carboxylic acids is 1. The number of hydrogen-bond acceptors (Lipinski definition) is 2. The molecule has 1 amide bonds. The van der Waals surface area contributed by atoms with Crippen LogP contribution in [0, 0.1) is 11.7 Å². The molecule has 2 unspecified atom stereocenters. The number of benzene rings is 1. The van der Waals surface area contributed by atoms with Crippen LogP contribution in [-0.2, 0) is 10.3 Å². The summed E-state index contributed by atoms with van der Waals surface area (Å²) in [5, 5.41) is 3.03. The molecule has 0 bridgehead atoms. The highest BCUT2D eigenvalue weighted by Crippen LogP contribution is 2.26. The first-order valence-electron chi connectivity index (χ1n) is 7.22. The third-order valence-electron chi connectivity index (χ3n) is 4.07. The summed E-state index contributed by atoms with van der Waals surface area (Å²) in [4.78, 5) is 12.4. The first kappa shape index (κ1) is 15.0. The number of halogens is 1. The van der Waals surface area contributed by atoms with Crippen LogP contribution in [-0.4, -0.2) is 11.9 Å². The van der Waals surface area contributed by atoms with Crippen LogP contribution < -0.4 is 11.1 Å². The highest BCUT2D eigenvalue weighted by molar-refractivity contribution is 5.79. The number of nitrogens with one attached hydrogen (secondary N) is 1. The molecule has 4 heteroatoms. The smallest absolute Gasteiger partial charge is 0.223 e. The van der Waals surface area contributed by atoms with Gasteiger partial charge >= 0.3 is 0 Å². The number of nitrogens with two attached hydrogens (primary N) is 1. The van der Waals surface area contributed by atoms with Gasteiger partial charge in [-0.3, -0.25) is 4.79 Å². The summed E-state index contributed by atoms with van der Waals surface area (Å²) in [6.07, 6.45) is 3.63. The van der Waals surface area contributed by atoms with Crippen LogP contribution >= 0.6 is 0 Å². The van der Waals surface area contributed by atoms with Crippen LogP contribution in [0.1, 0.15) is 45.1 Å². The lowest BCUT2D eigenvalue weighted by atomic mass is 9.84. The van der Waals surface area contributed by atoms with Crippen molar-refractivity contribution in [1.29, 1.82) is 0 Å². The Morgan fingerprint density at radius 1 is 1.40 bits per heavy atom. The van der Waals surface area contributed by atoms with Crippen LogP contribution in [0.2, 0.25) is 0 Å². The molecule has 3 N–H and O–H groups in total. The zero-order valence-corrected chi connectivity index (χ0v) is 12.2. The van der Waals surface area contributed by atoms with E-state index >= 15 is 0 Å². The molecule has 0 aliphatic heterocycles. The lowest BCUT2D eigenvalue weighted by Gasteiger charge is -2.32. The summed E-state index contributed by atoms with van der Waals surface area (Å²) < 4.78 is 13.3. The van der Waals surface area contributed by atoms with E-state index in [0.29, 0.717) is 0 Å². The lowest BCUT2D eigenvalue weighted by Crippen LogP contribution is -2.46. The third kappa shape index (κ3) is 3.57. The SMILES string of the molecule is CC(C)(NC(=O)C1CCCC(N)C1)c1cccc(F)c1. The van der Waals surface area contributed by atoms with Crippen molar-refractivity contribution >= 4 is 5.91 Å². The maximum absolute atomic E-state index is 13.3. The molecular weight excluding hydrogens is 255 g/mol. The Labute approximate surface area is 119 Å². The molecule has 1 aromatic rings. The number of amides is 1. The minimum absolute atomic E-state index is 0.0217. The lowest BCUT2D eigenvalue weighted by molar-refractivity contribution is -0.127. The summed E-state index contributed by atoms with van der Waals surface area (Å²) in [5.41, 5.74) is 6.11. The second kappa shape index (κ2) is 5.92. The molecule has 0 spiro atoms. The van der Waals surface area contributed by atoms with Crippen LogP contribution in [0.5, 0.6) is 0 Å². The topological polar surface area (TPSA) is 55.1 Å². The van der Waals surface area contributed by atoms with Gasteiger partial charge in [-0.05, 0) is 50.8 Å². The Hall–Kier alpha value is -1.42. The summed E-state index contributed by atoms with van der Waals surface area (Å²) in [6, 6.07) is 6.48. The van der Waals surface area contributed by atoms with Gasteiger partial charge in [-0.25, -0.2) is 4.39 Å². The molecule has 0 saturated heterocycles. The average Bonchev–Trinajstić information content (AvgIpc) is 2.38. The van der Waals surface area contributed by atoms with Crippen LogP contribution in [0.4, 0.5) is 4.39 Å². The Balaban J connectivity index is 2.05. The summed E-state index contributed by atoms with van der Waals surface area (Å²) in [5.74, 6) is -0.287. The van der Waals surface area contributed by atoms with Crippen molar-refractivity contribution in [2.45, 2.75) is 51.1 Å². The fourth-order valence-corrected chi connectivity index (χ4v) is 2.83. The van der Waals surface area contributed by atoms with E-state index in [9.17, 15) is 9.18 Å². The molecular formula is C16H23FN2O. The van der Waals surface area contributed by atoms with Crippen molar-refractivity contribution < 1.29 is 9.18 Å². The van der Waals surface area contributed by atoms with E-state index < -0.39 is 5.54 Å². The molecule has 1 aliphatic rings. The molecule has 0 heterocycles. The molecule has 1 saturated carbocycles. The van der Waals surface area contributed by atoms with Gasteiger partial charge in [-0.15, -0.1) is 0 Å². The molecule has 0 radical (unpaired) electrons. The first-order valence-corrected chi connectivity index (χ1v) is 7.22. The normalized spacial score (nSPS) is 23.4. The van der Waals surface area contributed by atoms with Crippen LogP contribution in [0.3, 0.4) is 0 Å². The Kier molecular flexibility index (Phi) is 4.43. The van der Waals surface area contributed by atoms with E-state index in [1.165, 1.54) is 12.1 Å². The van der Waals surface area contributed by atoms with Crippen molar-refractivity contribution in [2.24, 2.45) is 11.7 Å². The van der Waals surface area contributed by atoms with Gasteiger partial charge in [0.05, 0.1) is 5.54 Å². The van der Waals surface area contributed by atoms with Gasteiger partial charge in [0, 0.05) is 12.0 Å². The Morgan fingerprint density at radius 3 is 2.80 bits per heavy atom. The molecule has 1 aromatic carbocycles. The van der Waals surface area contributed by atoms with Crippen molar-refractivity contribution in [3.63, 3.8) is 0 Å². The largest absolute Gasteiger partial charge is 0.347 e. The van der Waals surface area contributed by atoms with Gasteiger partial charge in [0.15, 0.2) is 0 Å². The summed E-state index contributed by atoms with van der Waals surface area (Å²) >= 11 is 0. The fraction of sp³-hybridized carbons (Fsp3) is 0.562. The van der Waals surface area contributed by atoms with Crippen molar-refractivity contribution in [2.75, 3.05) is 0 Å². The first-order chi connectivity index (χ1) is 9.38. The molecule has 20 heavy (non-hydrogen) atoms. The quantitative estimate of drug-likeness (QED) is 0.893. The minimum atomic E-state index is -0.583. The highest BCUT2D eigenvalue weighted by atomic mass is 19.1. The van der Waals surface area contributed by atoms with E-state index in [2.05, 4.69) is 5.32 Å². The third-order valence-corrected chi connectivity index (χ3v) is 4.07. The number of carbonyl (C=O) groups is 1. The van der Waals surface area contributed by atoms with Gasteiger partial charge in [-0.1, -0.05) is 18.6 Å². The van der Waals surface area contributed by atoms with E-state index in [1.807, 2.05) is 19.9 Å². The molecule has 2 rings (SSSR count).